The maximum Gasteiger partial charge on any atom is 0.270 e. The van der Waals surface area contributed by atoms with Crippen LogP contribution in [0.25, 0.3) is 0 Å². The lowest BCUT2D eigenvalue weighted by Gasteiger charge is -2.10. The molecule has 0 aromatic carbocycles. The molecule has 1 saturated heterocycles. The minimum absolute atomic E-state index is 0.231. The average Bonchev–Trinajstić information content (AvgIpc) is 2.29. The standard InChI is InChI=1S/C7H11NO5S/c1-4(2)14(11,12)13-5-3-6(9)8-7(5)10/h4-5H,3H2,1-2H3,(H,8,9,10). The Morgan fingerprint density at radius 3 is 2.36 bits per heavy atom. The number of amides is 2. The van der Waals surface area contributed by atoms with Crippen LogP contribution in [0.1, 0.15) is 20.3 Å². The first-order chi connectivity index (χ1) is 6.33. The van der Waals surface area contributed by atoms with Crippen molar-refractivity contribution in [2.75, 3.05) is 0 Å². The van der Waals surface area contributed by atoms with Gasteiger partial charge in [-0.1, -0.05) is 0 Å². The van der Waals surface area contributed by atoms with Gasteiger partial charge < -0.3 is 0 Å². The van der Waals surface area contributed by atoms with Crippen molar-refractivity contribution in [2.45, 2.75) is 31.6 Å². The maximum atomic E-state index is 11.2. The van der Waals surface area contributed by atoms with E-state index in [1.807, 2.05) is 5.32 Å². The van der Waals surface area contributed by atoms with Crippen LogP contribution in [0.15, 0.2) is 0 Å². The van der Waals surface area contributed by atoms with Crippen LogP contribution in [0.5, 0.6) is 0 Å². The van der Waals surface area contributed by atoms with Gasteiger partial charge in [-0.15, -0.1) is 0 Å². The summed E-state index contributed by atoms with van der Waals surface area (Å²) in [4.78, 5) is 21.7. The Morgan fingerprint density at radius 1 is 1.43 bits per heavy atom. The Bertz CT molecular complexity index is 358. The molecule has 0 bridgehead atoms. The number of hydrogen-bond acceptors (Lipinski definition) is 5. The van der Waals surface area contributed by atoms with Crippen molar-refractivity contribution in [1.29, 1.82) is 0 Å². The van der Waals surface area contributed by atoms with Gasteiger partial charge in [-0.25, -0.2) is 0 Å². The van der Waals surface area contributed by atoms with Crippen LogP contribution in [-0.2, 0) is 23.9 Å². The van der Waals surface area contributed by atoms with Crippen molar-refractivity contribution >= 4 is 21.9 Å². The van der Waals surface area contributed by atoms with Gasteiger partial charge in [0.2, 0.25) is 5.91 Å². The van der Waals surface area contributed by atoms with Gasteiger partial charge in [0.1, 0.15) is 0 Å². The van der Waals surface area contributed by atoms with Crippen molar-refractivity contribution in [3.8, 4) is 0 Å². The van der Waals surface area contributed by atoms with E-state index in [2.05, 4.69) is 4.18 Å². The summed E-state index contributed by atoms with van der Waals surface area (Å²) in [5.74, 6) is -1.21. The van der Waals surface area contributed by atoms with Crippen molar-refractivity contribution in [2.24, 2.45) is 0 Å². The smallest absolute Gasteiger partial charge is 0.270 e. The lowest BCUT2D eigenvalue weighted by molar-refractivity contribution is -0.126. The van der Waals surface area contributed by atoms with E-state index < -0.39 is 33.3 Å². The summed E-state index contributed by atoms with van der Waals surface area (Å²) in [5, 5.41) is 1.23. The highest BCUT2D eigenvalue weighted by atomic mass is 32.2. The number of carbonyl (C=O) groups excluding carboxylic acids is 2. The van der Waals surface area contributed by atoms with Gasteiger partial charge in [-0.2, -0.15) is 8.42 Å². The SMILES string of the molecule is CC(C)S(=O)(=O)OC1CC(=O)NC1=O. The van der Waals surface area contributed by atoms with E-state index in [-0.39, 0.29) is 6.42 Å². The number of imide groups is 1. The second-order valence-corrected chi connectivity index (χ2v) is 5.36. The molecule has 0 aromatic heterocycles. The summed E-state index contributed by atoms with van der Waals surface area (Å²) >= 11 is 0. The van der Waals surface area contributed by atoms with E-state index in [9.17, 15) is 18.0 Å². The first kappa shape index (κ1) is 11.1. The predicted molar refractivity (Wildman–Crippen MR) is 46.7 cm³/mol. The molecule has 6 nitrogen and oxygen atoms in total. The number of hydrogen-bond donors (Lipinski definition) is 1. The lowest BCUT2D eigenvalue weighted by atomic mass is 10.3. The Kier molecular flexibility index (Phi) is 2.91. The first-order valence-corrected chi connectivity index (χ1v) is 5.56. The summed E-state index contributed by atoms with van der Waals surface area (Å²) in [7, 11) is -3.75. The van der Waals surface area contributed by atoms with E-state index in [4.69, 9.17) is 0 Å². The summed E-state index contributed by atoms with van der Waals surface area (Å²) in [5.41, 5.74) is 0. The minimum atomic E-state index is -3.75. The van der Waals surface area contributed by atoms with Crippen LogP contribution < -0.4 is 5.32 Å². The van der Waals surface area contributed by atoms with E-state index in [1.165, 1.54) is 13.8 Å². The summed E-state index contributed by atoms with van der Waals surface area (Å²) in [6.45, 7) is 2.87. The fourth-order valence-corrected chi connectivity index (χ4v) is 1.58. The molecule has 0 spiro atoms. The molecule has 1 fully saturated rings. The third-order valence-electron chi connectivity index (χ3n) is 1.75. The lowest BCUT2D eigenvalue weighted by Crippen LogP contribution is -2.30. The highest BCUT2D eigenvalue weighted by molar-refractivity contribution is 7.87. The zero-order valence-corrected chi connectivity index (χ0v) is 8.63. The zero-order valence-electron chi connectivity index (χ0n) is 7.81. The number of carbonyl (C=O) groups is 2. The molecule has 0 aliphatic carbocycles. The molecule has 1 atom stereocenters. The van der Waals surface area contributed by atoms with Gasteiger partial charge in [0.25, 0.3) is 16.0 Å². The van der Waals surface area contributed by atoms with E-state index in [0.29, 0.717) is 0 Å². The third kappa shape index (κ3) is 2.30. The normalized spacial score (nSPS) is 22.9. The maximum absolute atomic E-state index is 11.2. The van der Waals surface area contributed by atoms with E-state index in [0.717, 1.165) is 0 Å². The molecule has 1 N–H and O–H groups in total. The molecule has 0 aromatic rings. The summed E-state index contributed by atoms with van der Waals surface area (Å²) < 4.78 is 27.0. The van der Waals surface area contributed by atoms with E-state index in [1.54, 1.807) is 0 Å². The number of nitrogens with one attached hydrogen (secondary N) is 1. The Balaban J connectivity index is 2.71. The summed E-state index contributed by atoms with van der Waals surface area (Å²) in [6, 6.07) is 0. The molecule has 1 aliphatic rings. The molecular formula is C7H11NO5S. The van der Waals surface area contributed by atoms with Crippen molar-refractivity contribution in [3.05, 3.63) is 0 Å². The Hall–Kier alpha value is -0.950. The molecule has 80 valence electrons. The molecular weight excluding hydrogens is 210 g/mol. The zero-order chi connectivity index (χ0) is 10.9. The molecule has 7 heteroatoms. The highest BCUT2D eigenvalue weighted by Gasteiger charge is 2.36. The van der Waals surface area contributed by atoms with Crippen molar-refractivity contribution in [1.82, 2.24) is 5.32 Å². The fraction of sp³-hybridized carbons (Fsp3) is 0.714. The van der Waals surface area contributed by atoms with Crippen LogP contribution in [0.4, 0.5) is 0 Å². The molecule has 2 amide bonds. The van der Waals surface area contributed by atoms with Gasteiger partial charge in [0.05, 0.1) is 11.7 Å². The molecule has 1 unspecified atom stereocenters. The monoisotopic (exact) mass is 221 g/mol. The Morgan fingerprint density at radius 2 is 2.00 bits per heavy atom. The fourth-order valence-electron chi connectivity index (χ4n) is 0.881. The highest BCUT2D eigenvalue weighted by Crippen LogP contribution is 2.13. The van der Waals surface area contributed by atoms with Gasteiger partial charge >= 0.3 is 0 Å². The van der Waals surface area contributed by atoms with Crippen LogP contribution >= 0.6 is 0 Å². The largest absolute Gasteiger partial charge is 0.294 e. The van der Waals surface area contributed by atoms with E-state index >= 15 is 0 Å². The van der Waals surface area contributed by atoms with Gasteiger partial charge in [0.15, 0.2) is 6.10 Å². The van der Waals surface area contributed by atoms with Gasteiger partial charge in [-0.3, -0.25) is 19.1 Å². The quantitative estimate of drug-likeness (QED) is 0.495. The second kappa shape index (κ2) is 3.66. The van der Waals surface area contributed by atoms with Gasteiger partial charge in [0, 0.05) is 0 Å². The van der Waals surface area contributed by atoms with Crippen LogP contribution in [0, 0.1) is 0 Å². The molecule has 1 heterocycles. The van der Waals surface area contributed by atoms with Crippen molar-refractivity contribution in [3.63, 3.8) is 0 Å². The third-order valence-corrected chi connectivity index (χ3v) is 3.41. The molecule has 1 rings (SSSR count). The average molecular weight is 221 g/mol. The topological polar surface area (TPSA) is 89.5 Å². The Labute approximate surface area is 81.7 Å². The van der Waals surface area contributed by atoms with Crippen LogP contribution in [-0.4, -0.2) is 31.6 Å². The van der Waals surface area contributed by atoms with Crippen LogP contribution in [0.3, 0.4) is 0 Å². The minimum Gasteiger partial charge on any atom is -0.294 e. The number of rotatable bonds is 3. The van der Waals surface area contributed by atoms with Crippen molar-refractivity contribution < 1.29 is 22.2 Å². The predicted octanol–water partition coefficient (Wildman–Crippen LogP) is -0.844. The molecule has 0 saturated carbocycles. The molecule has 0 radical (unpaired) electrons. The molecule has 1 aliphatic heterocycles. The van der Waals surface area contributed by atoms with Gasteiger partial charge in [-0.05, 0) is 13.8 Å². The molecule has 14 heavy (non-hydrogen) atoms. The summed E-state index contributed by atoms with van der Waals surface area (Å²) in [6.07, 6.45) is -1.43. The second-order valence-electron chi connectivity index (χ2n) is 3.24. The van der Waals surface area contributed by atoms with Crippen LogP contribution in [0.2, 0.25) is 0 Å². The first-order valence-electron chi connectivity index (χ1n) is 4.08.